The van der Waals surface area contributed by atoms with Crippen molar-refractivity contribution in [3.8, 4) is 5.69 Å². The van der Waals surface area contributed by atoms with Gasteiger partial charge >= 0.3 is 0 Å². The Balaban J connectivity index is 1.93. The zero-order valence-corrected chi connectivity index (χ0v) is 16.8. The predicted octanol–water partition coefficient (Wildman–Crippen LogP) is 2.43. The molecule has 0 fully saturated rings. The number of carbonyl (C=O) groups is 1. The number of hydrogen-bond acceptors (Lipinski definition) is 7. The normalized spacial score (nSPS) is 12.0. The topological polar surface area (TPSA) is 137 Å². The molecule has 0 saturated carbocycles. The highest BCUT2D eigenvalue weighted by Gasteiger charge is 2.19. The van der Waals surface area contributed by atoms with Crippen molar-refractivity contribution < 1.29 is 9.18 Å². The number of hydrogen-bond donors (Lipinski definition) is 4. The molecule has 3 heterocycles. The number of nitrogens with two attached hydrogens (primary N) is 2. The quantitative estimate of drug-likeness (QED) is 0.424. The molecule has 0 aliphatic heterocycles. The maximum atomic E-state index is 14.6. The van der Waals surface area contributed by atoms with Gasteiger partial charge in [-0.25, -0.2) is 14.1 Å². The van der Waals surface area contributed by atoms with Gasteiger partial charge in [0.2, 0.25) is 0 Å². The molecule has 3 aromatic rings. The lowest BCUT2D eigenvalue weighted by molar-refractivity contribution is 0.100. The Bertz CT molecular complexity index is 1010. The lowest BCUT2D eigenvalue weighted by Gasteiger charge is -2.21. The van der Waals surface area contributed by atoms with E-state index in [1.165, 1.54) is 0 Å². The summed E-state index contributed by atoms with van der Waals surface area (Å²) in [5, 5.41) is 10.2. The molecule has 1 unspecified atom stereocenters. The Labute approximate surface area is 173 Å². The number of pyridine rings is 2. The highest BCUT2D eigenvalue weighted by atomic mass is 19.1. The van der Waals surface area contributed by atoms with Crippen LogP contribution in [0, 0.1) is 11.7 Å². The van der Waals surface area contributed by atoms with Crippen molar-refractivity contribution in [3.63, 3.8) is 0 Å². The number of primary amides is 1. The van der Waals surface area contributed by atoms with Crippen molar-refractivity contribution in [1.82, 2.24) is 19.7 Å². The number of rotatable bonds is 9. The molecule has 10 heteroatoms. The fraction of sp³-hybridized carbons (Fsp3) is 0.300. The predicted molar refractivity (Wildman–Crippen MR) is 113 cm³/mol. The first kappa shape index (κ1) is 21.2. The van der Waals surface area contributed by atoms with Gasteiger partial charge < -0.3 is 22.1 Å². The standard InChI is InChI=1S/C20H25FN8O/c1-12(2)6-13(9-22)26-20-17(21)8-16(18(23)30)19(28-20)27-14-7-15(11-24-10-14)29-5-3-4-25-29/h3-5,7-8,10-13H,6,9,22H2,1-2H3,(H2,23,30)(H2,26,27,28). The van der Waals surface area contributed by atoms with Crippen LogP contribution >= 0.6 is 0 Å². The Hall–Kier alpha value is -3.53. The van der Waals surface area contributed by atoms with E-state index in [9.17, 15) is 9.18 Å². The van der Waals surface area contributed by atoms with E-state index in [4.69, 9.17) is 11.5 Å². The molecule has 158 valence electrons. The summed E-state index contributed by atoms with van der Waals surface area (Å²) in [6.07, 6.45) is 7.35. The number of nitrogens with one attached hydrogen (secondary N) is 2. The highest BCUT2D eigenvalue weighted by Crippen LogP contribution is 2.25. The summed E-state index contributed by atoms with van der Waals surface area (Å²) in [6.45, 7) is 4.42. The van der Waals surface area contributed by atoms with Crippen molar-refractivity contribution >= 4 is 23.2 Å². The number of anilines is 3. The Kier molecular flexibility index (Phi) is 6.58. The minimum Gasteiger partial charge on any atom is -0.365 e. The van der Waals surface area contributed by atoms with Crippen LogP contribution in [0.4, 0.5) is 21.7 Å². The van der Waals surface area contributed by atoms with Gasteiger partial charge in [-0.15, -0.1) is 0 Å². The molecule has 0 spiro atoms. The third-order valence-corrected chi connectivity index (χ3v) is 4.38. The molecular weight excluding hydrogens is 387 g/mol. The average Bonchev–Trinajstić information content (AvgIpc) is 3.24. The van der Waals surface area contributed by atoms with Crippen molar-refractivity contribution in [2.24, 2.45) is 17.4 Å². The number of amides is 1. The lowest BCUT2D eigenvalue weighted by atomic mass is 10.0. The monoisotopic (exact) mass is 412 g/mol. The summed E-state index contributed by atoms with van der Waals surface area (Å²) in [4.78, 5) is 20.3. The van der Waals surface area contributed by atoms with E-state index >= 15 is 0 Å². The molecule has 1 atom stereocenters. The van der Waals surface area contributed by atoms with Crippen LogP contribution in [0.2, 0.25) is 0 Å². The Morgan fingerprint density at radius 1 is 1.27 bits per heavy atom. The van der Waals surface area contributed by atoms with Crippen LogP contribution in [0.5, 0.6) is 0 Å². The van der Waals surface area contributed by atoms with Crippen molar-refractivity contribution in [1.29, 1.82) is 0 Å². The van der Waals surface area contributed by atoms with Gasteiger partial charge in [0.25, 0.3) is 5.91 Å². The van der Waals surface area contributed by atoms with Crippen molar-refractivity contribution in [3.05, 3.63) is 54.4 Å². The molecule has 3 rings (SSSR count). The lowest BCUT2D eigenvalue weighted by Crippen LogP contribution is -2.31. The van der Waals surface area contributed by atoms with Gasteiger partial charge in [-0.05, 0) is 30.5 Å². The first-order chi connectivity index (χ1) is 14.4. The smallest absolute Gasteiger partial charge is 0.252 e. The molecule has 30 heavy (non-hydrogen) atoms. The van der Waals surface area contributed by atoms with Gasteiger partial charge in [0.05, 0.1) is 29.3 Å². The van der Waals surface area contributed by atoms with Crippen LogP contribution in [-0.2, 0) is 0 Å². The average molecular weight is 412 g/mol. The summed E-state index contributed by atoms with van der Waals surface area (Å²) in [5.41, 5.74) is 12.4. The molecule has 0 aromatic carbocycles. The summed E-state index contributed by atoms with van der Waals surface area (Å²) in [7, 11) is 0. The van der Waals surface area contributed by atoms with Gasteiger partial charge in [0, 0.05) is 25.0 Å². The minimum atomic E-state index is -0.802. The molecule has 9 nitrogen and oxygen atoms in total. The molecule has 0 radical (unpaired) electrons. The summed E-state index contributed by atoms with van der Waals surface area (Å²) >= 11 is 0. The first-order valence-electron chi connectivity index (χ1n) is 9.56. The number of halogens is 1. The second-order valence-corrected chi connectivity index (χ2v) is 7.29. The Morgan fingerprint density at radius 3 is 2.70 bits per heavy atom. The van der Waals surface area contributed by atoms with Crippen LogP contribution in [0.15, 0.2) is 43.0 Å². The third kappa shape index (κ3) is 5.09. The van der Waals surface area contributed by atoms with E-state index < -0.39 is 11.7 Å². The van der Waals surface area contributed by atoms with Gasteiger partial charge in [-0.1, -0.05) is 13.8 Å². The number of aromatic nitrogens is 4. The van der Waals surface area contributed by atoms with Crippen LogP contribution in [0.1, 0.15) is 30.6 Å². The zero-order valence-electron chi connectivity index (χ0n) is 16.8. The van der Waals surface area contributed by atoms with Gasteiger partial charge in [-0.3, -0.25) is 9.78 Å². The van der Waals surface area contributed by atoms with E-state index in [0.717, 1.165) is 12.5 Å². The number of nitrogens with zero attached hydrogens (tertiary/aromatic N) is 4. The highest BCUT2D eigenvalue weighted by molar-refractivity contribution is 5.98. The van der Waals surface area contributed by atoms with E-state index in [0.29, 0.717) is 23.8 Å². The van der Waals surface area contributed by atoms with Gasteiger partial charge in [-0.2, -0.15) is 5.10 Å². The largest absolute Gasteiger partial charge is 0.365 e. The summed E-state index contributed by atoms with van der Waals surface area (Å²) in [6, 6.07) is 4.46. The van der Waals surface area contributed by atoms with Crippen molar-refractivity contribution in [2.45, 2.75) is 26.3 Å². The van der Waals surface area contributed by atoms with Crippen LogP contribution < -0.4 is 22.1 Å². The molecular formula is C20H25FN8O. The fourth-order valence-electron chi connectivity index (χ4n) is 3.03. The second-order valence-electron chi connectivity index (χ2n) is 7.29. The summed E-state index contributed by atoms with van der Waals surface area (Å²) in [5.74, 6) is -1.00. The molecule has 0 saturated heterocycles. The molecule has 3 aromatic heterocycles. The molecule has 0 aliphatic rings. The minimum absolute atomic E-state index is 0.00482. The van der Waals surface area contributed by atoms with Crippen LogP contribution in [0.3, 0.4) is 0 Å². The SMILES string of the molecule is CC(C)CC(CN)Nc1nc(Nc2cncc(-n3cccn3)c2)c(C(N)=O)cc1F. The maximum absolute atomic E-state index is 14.6. The molecule has 0 aliphatic carbocycles. The zero-order chi connectivity index (χ0) is 21.7. The maximum Gasteiger partial charge on any atom is 0.252 e. The second kappa shape index (κ2) is 9.31. The molecule has 0 bridgehead atoms. The first-order valence-corrected chi connectivity index (χ1v) is 9.56. The number of carbonyl (C=O) groups excluding carboxylic acids is 1. The Morgan fingerprint density at radius 2 is 2.07 bits per heavy atom. The van der Waals surface area contributed by atoms with Gasteiger partial charge in [0.1, 0.15) is 5.82 Å². The van der Waals surface area contributed by atoms with E-state index in [-0.39, 0.29) is 23.2 Å². The fourth-order valence-corrected chi connectivity index (χ4v) is 3.03. The molecule has 6 N–H and O–H groups in total. The van der Waals surface area contributed by atoms with E-state index in [1.807, 2.05) is 0 Å². The van der Waals surface area contributed by atoms with Crippen LogP contribution in [0.25, 0.3) is 5.69 Å². The van der Waals surface area contributed by atoms with Crippen molar-refractivity contribution in [2.75, 3.05) is 17.2 Å². The molecule has 1 amide bonds. The van der Waals surface area contributed by atoms with Crippen LogP contribution in [-0.4, -0.2) is 38.2 Å². The third-order valence-electron chi connectivity index (χ3n) is 4.38. The summed E-state index contributed by atoms with van der Waals surface area (Å²) < 4.78 is 16.2. The van der Waals surface area contributed by atoms with E-state index in [1.54, 1.807) is 41.6 Å². The van der Waals surface area contributed by atoms with E-state index in [2.05, 4.69) is 39.5 Å². The van der Waals surface area contributed by atoms with Gasteiger partial charge in [0.15, 0.2) is 11.6 Å².